The SMILES string of the molecule is Cn1ccc2cc(C(=O)NC(=O)Nc3ccc(Cl)c(Cl)c3)ccc21. The number of imide groups is 1. The van der Waals surface area contributed by atoms with Gasteiger partial charge in [0.2, 0.25) is 0 Å². The molecule has 0 fully saturated rings. The van der Waals surface area contributed by atoms with E-state index in [0.717, 1.165) is 10.9 Å². The highest BCUT2D eigenvalue weighted by molar-refractivity contribution is 6.42. The molecule has 3 rings (SSSR count). The molecule has 0 spiro atoms. The number of hydrogen-bond acceptors (Lipinski definition) is 2. The summed E-state index contributed by atoms with van der Waals surface area (Å²) in [7, 11) is 1.92. The Bertz CT molecular complexity index is 950. The van der Waals surface area contributed by atoms with Gasteiger partial charge < -0.3 is 9.88 Å². The highest BCUT2D eigenvalue weighted by atomic mass is 35.5. The van der Waals surface area contributed by atoms with Crippen LogP contribution in [0, 0.1) is 0 Å². The minimum absolute atomic E-state index is 0.315. The number of benzene rings is 2. The summed E-state index contributed by atoms with van der Waals surface area (Å²) in [4.78, 5) is 24.1. The Morgan fingerprint density at radius 1 is 1.00 bits per heavy atom. The molecule has 0 bridgehead atoms. The third-order valence-corrected chi connectivity index (χ3v) is 4.29. The first-order valence-corrected chi connectivity index (χ1v) is 7.82. The second-order valence-corrected chi connectivity index (χ2v) is 6.05. The maximum atomic E-state index is 12.2. The molecule has 2 N–H and O–H groups in total. The van der Waals surface area contributed by atoms with Gasteiger partial charge in [-0.05, 0) is 42.5 Å². The van der Waals surface area contributed by atoms with E-state index in [1.165, 1.54) is 6.07 Å². The number of aromatic nitrogens is 1. The molecule has 0 unspecified atom stereocenters. The second-order valence-electron chi connectivity index (χ2n) is 5.24. The van der Waals surface area contributed by atoms with Crippen LogP contribution in [0.4, 0.5) is 10.5 Å². The van der Waals surface area contributed by atoms with E-state index in [1.807, 2.05) is 29.9 Å². The molecule has 7 heteroatoms. The van der Waals surface area contributed by atoms with Crippen LogP contribution in [0.3, 0.4) is 0 Å². The number of amides is 3. The Kier molecular flexibility index (Phi) is 4.46. The van der Waals surface area contributed by atoms with E-state index >= 15 is 0 Å². The number of carbonyl (C=O) groups excluding carboxylic acids is 2. The van der Waals surface area contributed by atoms with Crippen LogP contribution >= 0.6 is 23.2 Å². The predicted octanol–water partition coefficient (Wildman–Crippen LogP) is 4.45. The first-order valence-electron chi connectivity index (χ1n) is 7.06. The fourth-order valence-corrected chi connectivity index (χ4v) is 2.63. The molecule has 3 amide bonds. The average molecular weight is 362 g/mol. The zero-order chi connectivity index (χ0) is 17.3. The van der Waals surface area contributed by atoms with E-state index in [4.69, 9.17) is 23.2 Å². The lowest BCUT2D eigenvalue weighted by molar-refractivity contribution is 0.0967. The van der Waals surface area contributed by atoms with E-state index in [-0.39, 0.29) is 0 Å². The molecule has 24 heavy (non-hydrogen) atoms. The van der Waals surface area contributed by atoms with Crippen LogP contribution in [0.1, 0.15) is 10.4 Å². The largest absolute Gasteiger partial charge is 0.351 e. The molecule has 0 saturated heterocycles. The monoisotopic (exact) mass is 361 g/mol. The average Bonchev–Trinajstić information content (AvgIpc) is 2.91. The van der Waals surface area contributed by atoms with Gasteiger partial charge in [0.15, 0.2) is 0 Å². The Labute approximate surface area is 148 Å². The topological polar surface area (TPSA) is 63.1 Å². The zero-order valence-electron chi connectivity index (χ0n) is 12.6. The van der Waals surface area contributed by atoms with Crippen molar-refractivity contribution in [1.82, 2.24) is 9.88 Å². The smallest absolute Gasteiger partial charge is 0.326 e. The fourth-order valence-electron chi connectivity index (χ4n) is 2.33. The Balaban J connectivity index is 1.70. The summed E-state index contributed by atoms with van der Waals surface area (Å²) in [6.07, 6.45) is 1.91. The van der Waals surface area contributed by atoms with E-state index in [1.54, 1.807) is 24.3 Å². The molecule has 1 heterocycles. The van der Waals surface area contributed by atoms with E-state index in [2.05, 4.69) is 10.6 Å². The van der Waals surface area contributed by atoms with Crippen LogP contribution in [0.15, 0.2) is 48.7 Å². The van der Waals surface area contributed by atoms with Crippen molar-refractivity contribution in [1.29, 1.82) is 0 Å². The third-order valence-electron chi connectivity index (χ3n) is 3.55. The van der Waals surface area contributed by atoms with E-state index in [9.17, 15) is 9.59 Å². The van der Waals surface area contributed by atoms with Crippen LogP contribution in [0.25, 0.3) is 10.9 Å². The van der Waals surface area contributed by atoms with Crippen molar-refractivity contribution in [3.05, 3.63) is 64.3 Å². The number of nitrogens with one attached hydrogen (secondary N) is 2. The number of urea groups is 1. The lowest BCUT2D eigenvalue weighted by Gasteiger charge is -2.08. The van der Waals surface area contributed by atoms with Crippen LogP contribution in [-0.4, -0.2) is 16.5 Å². The Morgan fingerprint density at radius 2 is 1.79 bits per heavy atom. The molecule has 3 aromatic rings. The van der Waals surface area contributed by atoms with Gasteiger partial charge >= 0.3 is 6.03 Å². The molecule has 0 aliphatic rings. The van der Waals surface area contributed by atoms with Gasteiger partial charge in [0.25, 0.3) is 5.91 Å². The van der Waals surface area contributed by atoms with Gasteiger partial charge in [0.1, 0.15) is 0 Å². The first kappa shape index (κ1) is 16.4. The standard InChI is InChI=1S/C17H13Cl2N3O2/c1-22-7-6-10-8-11(2-5-15(10)22)16(23)21-17(24)20-12-3-4-13(18)14(19)9-12/h2-9H,1H3,(H2,20,21,23,24). The lowest BCUT2D eigenvalue weighted by Crippen LogP contribution is -2.34. The normalized spacial score (nSPS) is 10.6. The number of rotatable bonds is 2. The zero-order valence-corrected chi connectivity index (χ0v) is 14.2. The van der Waals surface area contributed by atoms with Gasteiger partial charge in [-0.3, -0.25) is 10.1 Å². The molecular weight excluding hydrogens is 349 g/mol. The quantitative estimate of drug-likeness (QED) is 0.708. The minimum atomic E-state index is -0.647. The minimum Gasteiger partial charge on any atom is -0.351 e. The number of aryl methyl sites for hydroxylation is 1. The summed E-state index contributed by atoms with van der Waals surface area (Å²) in [5, 5.41) is 6.44. The van der Waals surface area contributed by atoms with Gasteiger partial charge in [0, 0.05) is 35.4 Å². The predicted molar refractivity (Wildman–Crippen MR) is 95.9 cm³/mol. The van der Waals surface area contributed by atoms with Crippen LogP contribution in [0.2, 0.25) is 10.0 Å². The summed E-state index contributed by atoms with van der Waals surface area (Å²) in [5.41, 5.74) is 1.85. The van der Waals surface area contributed by atoms with Crippen molar-refractivity contribution in [3.8, 4) is 0 Å². The van der Waals surface area contributed by atoms with Crippen molar-refractivity contribution in [3.63, 3.8) is 0 Å². The van der Waals surface area contributed by atoms with Gasteiger partial charge in [-0.25, -0.2) is 4.79 Å². The highest BCUT2D eigenvalue weighted by Crippen LogP contribution is 2.25. The summed E-state index contributed by atoms with van der Waals surface area (Å²) >= 11 is 11.7. The van der Waals surface area contributed by atoms with Crippen molar-refractivity contribution in [2.75, 3.05) is 5.32 Å². The maximum absolute atomic E-state index is 12.2. The van der Waals surface area contributed by atoms with E-state index < -0.39 is 11.9 Å². The molecule has 0 aliphatic heterocycles. The van der Waals surface area contributed by atoms with Crippen molar-refractivity contribution < 1.29 is 9.59 Å². The summed E-state index contributed by atoms with van der Waals surface area (Å²) in [6, 6.07) is 11.2. The van der Waals surface area contributed by atoms with Gasteiger partial charge in [-0.15, -0.1) is 0 Å². The summed E-state index contributed by atoms with van der Waals surface area (Å²) < 4.78 is 1.95. The molecule has 5 nitrogen and oxygen atoms in total. The number of anilines is 1. The summed E-state index contributed by atoms with van der Waals surface area (Å²) in [5.74, 6) is -0.488. The number of fused-ring (bicyclic) bond motifs is 1. The molecule has 0 saturated carbocycles. The fraction of sp³-hybridized carbons (Fsp3) is 0.0588. The van der Waals surface area contributed by atoms with Crippen molar-refractivity contribution >= 4 is 51.7 Å². The Hall–Kier alpha value is -2.50. The molecule has 2 aromatic carbocycles. The molecular formula is C17H13Cl2N3O2. The highest BCUT2D eigenvalue weighted by Gasteiger charge is 2.12. The molecule has 1 aromatic heterocycles. The molecule has 0 radical (unpaired) electrons. The molecule has 122 valence electrons. The van der Waals surface area contributed by atoms with Gasteiger partial charge in [-0.1, -0.05) is 23.2 Å². The number of hydrogen-bond donors (Lipinski definition) is 2. The number of nitrogens with zero attached hydrogens (tertiary/aromatic N) is 1. The lowest BCUT2D eigenvalue weighted by atomic mass is 10.1. The Morgan fingerprint density at radius 3 is 2.54 bits per heavy atom. The van der Waals surface area contributed by atoms with Crippen molar-refractivity contribution in [2.24, 2.45) is 7.05 Å². The first-order chi connectivity index (χ1) is 11.4. The van der Waals surface area contributed by atoms with Crippen LogP contribution in [0.5, 0.6) is 0 Å². The van der Waals surface area contributed by atoms with E-state index in [0.29, 0.717) is 21.3 Å². The second kappa shape index (κ2) is 6.55. The van der Waals surface area contributed by atoms with Gasteiger partial charge in [-0.2, -0.15) is 0 Å². The van der Waals surface area contributed by atoms with Crippen LogP contribution in [-0.2, 0) is 7.05 Å². The van der Waals surface area contributed by atoms with Crippen molar-refractivity contribution in [2.45, 2.75) is 0 Å². The molecule has 0 atom stereocenters. The number of halogens is 2. The maximum Gasteiger partial charge on any atom is 0.326 e. The van der Waals surface area contributed by atoms with Crippen LogP contribution < -0.4 is 10.6 Å². The number of carbonyl (C=O) groups is 2. The summed E-state index contributed by atoms with van der Waals surface area (Å²) in [6.45, 7) is 0. The molecule has 0 aliphatic carbocycles. The van der Waals surface area contributed by atoms with Gasteiger partial charge in [0.05, 0.1) is 10.0 Å². The third kappa shape index (κ3) is 3.37.